The monoisotopic (exact) mass is 364 g/mol. The van der Waals surface area contributed by atoms with Gasteiger partial charge >= 0.3 is 0 Å². The Labute approximate surface area is 165 Å². The summed E-state index contributed by atoms with van der Waals surface area (Å²) >= 11 is 0. The van der Waals surface area contributed by atoms with Crippen LogP contribution in [0, 0.1) is 5.92 Å². The minimum absolute atomic E-state index is 0.683. The summed E-state index contributed by atoms with van der Waals surface area (Å²) in [6, 6.07) is 9.11. The Bertz CT molecular complexity index is 652. The van der Waals surface area contributed by atoms with Gasteiger partial charge in [-0.2, -0.15) is 0 Å². The number of hydrogen-bond donors (Lipinski definition) is 0. The number of aromatic nitrogens is 2. The fraction of sp³-hybridized carbons (Fsp3) is 0.600. The number of nitrogens with zero attached hydrogens (tertiary/aromatic N) is 2. The Morgan fingerprint density at radius 3 is 2.00 bits per heavy atom. The molecule has 2 heteroatoms. The van der Waals surface area contributed by atoms with Crippen LogP contribution in [-0.2, 0) is 19.3 Å². The molecule has 0 aliphatic heterocycles. The van der Waals surface area contributed by atoms with E-state index in [1.807, 2.05) is 0 Å². The summed E-state index contributed by atoms with van der Waals surface area (Å²) in [5.41, 5.74) is 4.20. The van der Waals surface area contributed by atoms with E-state index in [4.69, 9.17) is 0 Å². The molecule has 2 nitrogen and oxygen atoms in total. The van der Waals surface area contributed by atoms with Crippen LogP contribution in [0.25, 0.3) is 0 Å². The summed E-state index contributed by atoms with van der Waals surface area (Å²) < 4.78 is 0. The molecular formula is C25H36N2. The molecule has 3 rings (SSSR count). The predicted molar refractivity (Wildman–Crippen MR) is 114 cm³/mol. The van der Waals surface area contributed by atoms with Crippen LogP contribution in [0.15, 0.2) is 36.7 Å². The molecule has 1 fully saturated rings. The molecule has 2 aromatic rings. The van der Waals surface area contributed by atoms with E-state index < -0.39 is 0 Å². The third-order valence-corrected chi connectivity index (χ3v) is 6.22. The van der Waals surface area contributed by atoms with Crippen molar-refractivity contribution in [2.75, 3.05) is 0 Å². The van der Waals surface area contributed by atoms with Gasteiger partial charge in [0.05, 0.1) is 0 Å². The molecule has 1 heterocycles. The van der Waals surface area contributed by atoms with Crippen LogP contribution in [0.1, 0.15) is 93.6 Å². The third-order valence-electron chi connectivity index (χ3n) is 6.22. The number of unbranched alkanes of at least 4 members (excludes halogenated alkanes) is 1. The van der Waals surface area contributed by atoms with Crippen molar-refractivity contribution >= 4 is 0 Å². The standard InChI is InChI=1S/C25H36N2/c1-3-5-7-21-8-10-22(11-9-21)14-17-25-26-18-24(19-27-25)23-15-12-20(6-4-2)13-16-23/h8-11,18-20,23H,3-7,12-17H2,1-2H3/t20-,23-. The molecule has 27 heavy (non-hydrogen) atoms. The van der Waals surface area contributed by atoms with E-state index in [0.29, 0.717) is 5.92 Å². The average Bonchev–Trinajstić information content (AvgIpc) is 2.73. The highest BCUT2D eigenvalue weighted by molar-refractivity contribution is 5.23. The zero-order valence-corrected chi connectivity index (χ0v) is 17.3. The number of aryl methyl sites for hydroxylation is 3. The molecule has 0 unspecified atom stereocenters. The van der Waals surface area contributed by atoms with E-state index >= 15 is 0 Å². The minimum Gasteiger partial charge on any atom is -0.241 e. The molecule has 1 aliphatic rings. The van der Waals surface area contributed by atoms with Gasteiger partial charge in [-0.3, -0.25) is 0 Å². The molecule has 0 N–H and O–H groups in total. The maximum atomic E-state index is 4.67. The fourth-order valence-electron chi connectivity index (χ4n) is 4.41. The van der Waals surface area contributed by atoms with E-state index in [9.17, 15) is 0 Å². The van der Waals surface area contributed by atoms with Crippen LogP contribution in [0.2, 0.25) is 0 Å². The van der Waals surface area contributed by atoms with E-state index in [2.05, 4.69) is 60.5 Å². The van der Waals surface area contributed by atoms with Crippen molar-refractivity contribution in [1.29, 1.82) is 0 Å². The van der Waals surface area contributed by atoms with Gasteiger partial charge in [-0.15, -0.1) is 0 Å². The quantitative estimate of drug-likeness (QED) is 0.496. The lowest BCUT2D eigenvalue weighted by molar-refractivity contribution is 0.307. The van der Waals surface area contributed by atoms with Gasteiger partial charge in [0.15, 0.2) is 0 Å². The molecule has 1 saturated carbocycles. The Balaban J connectivity index is 1.46. The molecule has 0 radical (unpaired) electrons. The van der Waals surface area contributed by atoms with Gasteiger partial charge < -0.3 is 0 Å². The largest absolute Gasteiger partial charge is 0.241 e. The summed E-state index contributed by atoms with van der Waals surface area (Å²) in [4.78, 5) is 9.34. The van der Waals surface area contributed by atoms with E-state index in [0.717, 1.165) is 24.6 Å². The molecule has 1 aliphatic carbocycles. The predicted octanol–water partition coefficient (Wildman–Crippen LogP) is 6.68. The lowest BCUT2D eigenvalue weighted by atomic mass is 9.78. The highest BCUT2D eigenvalue weighted by Crippen LogP contribution is 2.36. The van der Waals surface area contributed by atoms with Crippen molar-refractivity contribution in [2.24, 2.45) is 5.92 Å². The number of benzene rings is 1. The second-order valence-corrected chi connectivity index (χ2v) is 8.36. The Morgan fingerprint density at radius 1 is 0.778 bits per heavy atom. The van der Waals surface area contributed by atoms with Gasteiger partial charge in [0.1, 0.15) is 5.82 Å². The van der Waals surface area contributed by atoms with Crippen molar-refractivity contribution in [3.63, 3.8) is 0 Å². The second kappa shape index (κ2) is 10.6. The maximum absolute atomic E-state index is 4.67. The minimum atomic E-state index is 0.683. The van der Waals surface area contributed by atoms with Gasteiger partial charge in [0.2, 0.25) is 0 Å². The van der Waals surface area contributed by atoms with E-state index in [-0.39, 0.29) is 0 Å². The molecule has 0 saturated heterocycles. The first-order valence-electron chi connectivity index (χ1n) is 11.2. The first kappa shape index (κ1) is 20.0. The highest BCUT2D eigenvalue weighted by atomic mass is 14.9. The SMILES string of the molecule is CCCCc1ccc(CCc2ncc([C@H]3CC[C@H](CCC)CC3)cn2)cc1. The summed E-state index contributed by atoms with van der Waals surface area (Å²) in [6.45, 7) is 4.55. The first-order chi connectivity index (χ1) is 13.3. The Kier molecular flexibility index (Phi) is 7.86. The van der Waals surface area contributed by atoms with Crippen molar-refractivity contribution in [3.05, 3.63) is 59.2 Å². The van der Waals surface area contributed by atoms with Gasteiger partial charge in [-0.1, -0.05) is 57.4 Å². The zero-order chi connectivity index (χ0) is 18.9. The Morgan fingerprint density at radius 2 is 1.41 bits per heavy atom. The topological polar surface area (TPSA) is 25.8 Å². The van der Waals surface area contributed by atoms with Gasteiger partial charge in [0.25, 0.3) is 0 Å². The zero-order valence-electron chi connectivity index (χ0n) is 17.3. The normalized spacial score (nSPS) is 19.9. The van der Waals surface area contributed by atoms with Crippen molar-refractivity contribution in [3.8, 4) is 0 Å². The van der Waals surface area contributed by atoms with Crippen LogP contribution in [0.3, 0.4) is 0 Å². The summed E-state index contributed by atoms with van der Waals surface area (Å²) in [7, 11) is 0. The number of rotatable bonds is 9. The molecule has 0 spiro atoms. The molecule has 0 amide bonds. The van der Waals surface area contributed by atoms with Crippen molar-refractivity contribution < 1.29 is 0 Å². The highest BCUT2D eigenvalue weighted by Gasteiger charge is 2.22. The molecule has 0 bridgehead atoms. The summed E-state index contributed by atoms with van der Waals surface area (Å²) in [5.74, 6) is 2.62. The van der Waals surface area contributed by atoms with E-state index in [1.165, 1.54) is 74.5 Å². The first-order valence-corrected chi connectivity index (χ1v) is 11.2. The maximum Gasteiger partial charge on any atom is 0.128 e. The van der Waals surface area contributed by atoms with Crippen LogP contribution in [-0.4, -0.2) is 9.97 Å². The van der Waals surface area contributed by atoms with Crippen LogP contribution < -0.4 is 0 Å². The van der Waals surface area contributed by atoms with Gasteiger partial charge in [-0.05, 0) is 73.5 Å². The fourth-order valence-corrected chi connectivity index (χ4v) is 4.41. The van der Waals surface area contributed by atoms with Crippen molar-refractivity contribution in [2.45, 2.75) is 90.4 Å². The summed E-state index contributed by atoms with van der Waals surface area (Å²) in [6.07, 6.45) is 18.0. The van der Waals surface area contributed by atoms with Gasteiger partial charge in [-0.25, -0.2) is 9.97 Å². The molecule has 1 aromatic carbocycles. The molecule has 0 atom stereocenters. The van der Waals surface area contributed by atoms with E-state index in [1.54, 1.807) is 0 Å². The molecular weight excluding hydrogens is 328 g/mol. The lowest BCUT2D eigenvalue weighted by Gasteiger charge is -2.28. The Hall–Kier alpha value is -1.70. The number of hydrogen-bond acceptors (Lipinski definition) is 2. The van der Waals surface area contributed by atoms with Crippen LogP contribution >= 0.6 is 0 Å². The summed E-state index contributed by atoms with van der Waals surface area (Å²) in [5, 5.41) is 0. The van der Waals surface area contributed by atoms with Crippen molar-refractivity contribution in [1.82, 2.24) is 9.97 Å². The second-order valence-electron chi connectivity index (χ2n) is 8.36. The molecule has 146 valence electrons. The third kappa shape index (κ3) is 6.16. The molecule has 1 aromatic heterocycles. The average molecular weight is 365 g/mol. The smallest absolute Gasteiger partial charge is 0.128 e. The van der Waals surface area contributed by atoms with Crippen LogP contribution in [0.4, 0.5) is 0 Å². The lowest BCUT2D eigenvalue weighted by Crippen LogP contribution is -2.14. The van der Waals surface area contributed by atoms with Crippen LogP contribution in [0.5, 0.6) is 0 Å². The van der Waals surface area contributed by atoms with Gasteiger partial charge in [0, 0.05) is 18.8 Å².